The van der Waals surface area contributed by atoms with Gasteiger partial charge in [-0.1, -0.05) is 45.0 Å². The molecule has 3 aliphatic heterocycles. The Morgan fingerprint density at radius 3 is 2.46 bits per heavy atom. The van der Waals surface area contributed by atoms with Crippen molar-refractivity contribution in [1.29, 1.82) is 0 Å². The van der Waals surface area contributed by atoms with Gasteiger partial charge in [0.2, 0.25) is 5.75 Å². The third-order valence-corrected chi connectivity index (χ3v) is 8.97. The fourth-order valence-electron chi connectivity index (χ4n) is 5.00. The zero-order chi connectivity index (χ0) is 24.0. The predicted molar refractivity (Wildman–Crippen MR) is 152 cm³/mol. The summed E-state index contributed by atoms with van der Waals surface area (Å²) in [7, 11) is 3.30. The average molecular weight is 588 g/mol. The second kappa shape index (κ2) is 11.5. The average Bonchev–Trinajstić information content (AvgIpc) is 3.32. The van der Waals surface area contributed by atoms with E-state index in [0.29, 0.717) is 29.2 Å². The number of nitrogens with zero attached hydrogens (tertiary/aromatic N) is 2. The number of rotatable bonds is 9. The molecule has 2 unspecified atom stereocenters. The molecule has 6 nitrogen and oxygen atoms in total. The molecule has 0 saturated carbocycles. The summed E-state index contributed by atoms with van der Waals surface area (Å²) in [6, 6.07) is 14.4. The summed E-state index contributed by atoms with van der Waals surface area (Å²) in [6.07, 6.45) is 7.06. The Morgan fingerprint density at radius 2 is 1.69 bits per heavy atom. The van der Waals surface area contributed by atoms with E-state index in [0.717, 1.165) is 44.2 Å². The van der Waals surface area contributed by atoms with Crippen molar-refractivity contribution >= 4 is 30.4 Å². The van der Waals surface area contributed by atoms with Crippen LogP contribution >= 0.6 is 20.7 Å². The van der Waals surface area contributed by atoms with Crippen LogP contribution in [0, 0.1) is 5.92 Å². The van der Waals surface area contributed by atoms with E-state index in [2.05, 4.69) is 47.6 Å². The number of methoxy groups -OCH3 is 2. The molecule has 1 saturated heterocycles. The minimum atomic E-state index is 0.145. The van der Waals surface area contributed by atoms with E-state index in [1.807, 2.05) is 30.3 Å². The largest absolute Gasteiger partial charge is 0.493 e. The molecular formula is C28H34IN3O3. The van der Waals surface area contributed by atoms with Gasteiger partial charge in [0, 0.05) is 32.1 Å². The van der Waals surface area contributed by atoms with Crippen LogP contribution in [-0.2, 0) is 0 Å². The van der Waals surface area contributed by atoms with Gasteiger partial charge >= 0.3 is 0 Å². The van der Waals surface area contributed by atoms with E-state index in [1.54, 1.807) is 19.8 Å². The minimum Gasteiger partial charge on any atom is -0.493 e. The number of hydrogen-bond donors (Lipinski definition) is 1. The van der Waals surface area contributed by atoms with E-state index < -0.39 is 0 Å². The molecule has 35 heavy (non-hydrogen) atoms. The van der Waals surface area contributed by atoms with Gasteiger partial charge in [-0.2, -0.15) is 0 Å². The van der Waals surface area contributed by atoms with Gasteiger partial charge in [-0.25, -0.2) is 0 Å². The van der Waals surface area contributed by atoms with Gasteiger partial charge in [0.25, 0.3) is 0 Å². The van der Waals surface area contributed by atoms with Gasteiger partial charge in [-0.15, -0.1) is 0 Å². The first-order valence-electron chi connectivity index (χ1n) is 12.3. The Labute approximate surface area is 218 Å². The monoisotopic (exact) mass is 587 g/mol. The number of hydrogen-bond acceptors (Lipinski definition) is 6. The van der Waals surface area contributed by atoms with Crippen LogP contribution in [-0.4, -0.2) is 61.9 Å². The summed E-state index contributed by atoms with van der Waals surface area (Å²) in [5.74, 6) is 3.38. The molecule has 5 rings (SSSR count). The normalized spacial score (nSPS) is 21.5. The summed E-state index contributed by atoms with van der Waals surface area (Å²) in [5, 5.41) is 3.55. The lowest BCUT2D eigenvalue weighted by atomic mass is 9.94. The highest BCUT2D eigenvalue weighted by Crippen LogP contribution is 2.42. The summed E-state index contributed by atoms with van der Waals surface area (Å²) in [4.78, 5) is 5.02. The van der Waals surface area contributed by atoms with Crippen LogP contribution < -0.4 is 24.4 Å². The summed E-state index contributed by atoms with van der Waals surface area (Å²) in [6.45, 7) is 5.26. The SMILES string of the molecule is COc1cccc(OC)c1Oc1ccccc1N1CCN(CCCC2=CNC3C=CI=CC23)CC1. The standard InChI is InChI=1S/C28H34IN3O3/c1-33-26-10-5-11-27(34-2)28(26)35-25-9-4-3-8-24(25)32-17-15-31(16-18-32)14-6-7-21-20-30-23-12-13-29-19-22(21)23/h3-5,8-13,19-20,22-23,30H,6-7,14-18H2,1-2H3. The van der Waals surface area contributed by atoms with E-state index in [1.165, 1.54) is 12.8 Å². The molecule has 3 aliphatic rings. The Morgan fingerprint density at radius 1 is 0.943 bits per heavy atom. The molecule has 1 N–H and O–H groups in total. The number of anilines is 1. The van der Waals surface area contributed by atoms with Crippen molar-refractivity contribution in [2.45, 2.75) is 18.9 Å². The number of ether oxygens (including phenoxy) is 3. The van der Waals surface area contributed by atoms with Crippen molar-refractivity contribution in [2.24, 2.45) is 5.92 Å². The maximum Gasteiger partial charge on any atom is 0.211 e. The minimum absolute atomic E-state index is 0.145. The topological polar surface area (TPSA) is 46.2 Å². The quantitative estimate of drug-likeness (QED) is 0.409. The Kier molecular flexibility index (Phi) is 7.93. The number of para-hydroxylation sites is 3. The van der Waals surface area contributed by atoms with E-state index in [9.17, 15) is 0 Å². The molecular weight excluding hydrogens is 553 g/mol. The maximum absolute atomic E-state index is 6.38. The van der Waals surface area contributed by atoms with Crippen LogP contribution in [0.25, 0.3) is 0 Å². The molecule has 0 radical (unpaired) electrons. The van der Waals surface area contributed by atoms with Gasteiger partial charge < -0.3 is 24.4 Å². The molecule has 2 aromatic rings. The molecule has 3 heterocycles. The second-order valence-electron chi connectivity index (χ2n) is 9.00. The second-order valence-corrected chi connectivity index (χ2v) is 11.2. The number of benzene rings is 2. The van der Waals surface area contributed by atoms with Gasteiger partial charge in [-0.3, -0.25) is 4.90 Å². The van der Waals surface area contributed by atoms with Crippen molar-refractivity contribution in [3.05, 3.63) is 64.4 Å². The Balaban J connectivity index is 1.16. The Hall–Kier alpha value is -2.52. The highest BCUT2D eigenvalue weighted by molar-refractivity contribution is 14.2. The molecule has 2 atom stereocenters. The van der Waals surface area contributed by atoms with Gasteiger partial charge in [-0.05, 0) is 63.5 Å². The molecule has 0 spiro atoms. The molecule has 0 amide bonds. The van der Waals surface area contributed by atoms with E-state index >= 15 is 0 Å². The molecule has 0 aliphatic carbocycles. The summed E-state index contributed by atoms with van der Waals surface area (Å²) < 4.78 is 22.4. The van der Waals surface area contributed by atoms with Crippen LogP contribution in [0.3, 0.4) is 0 Å². The van der Waals surface area contributed by atoms with Crippen molar-refractivity contribution in [3.8, 4) is 23.0 Å². The van der Waals surface area contributed by atoms with Crippen molar-refractivity contribution < 1.29 is 14.2 Å². The maximum atomic E-state index is 6.38. The first kappa shape index (κ1) is 24.2. The van der Waals surface area contributed by atoms with Crippen molar-refractivity contribution in [3.63, 3.8) is 0 Å². The predicted octanol–water partition coefficient (Wildman–Crippen LogP) is 5.17. The lowest BCUT2D eigenvalue weighted by Crippen LogP contribution is -2.46. The molecule has 0 aromatic heterocycles. The number of halogens is 1. The number of fused-ring (bicyclic) bond motifs is 1. The molecule has 7 heteroatoms. The van der Waals surface area contributed by atoms with E-state index in [-0.39, 0.29) is 20.7 Å². The Bertz CT molecular complexity index is 1090. The molecule has 0 bridgehead atoms. The van der Waals surface area contributed by atoms with Crippen molar-refractivity contribution in [2.75, 3.05) is 51.8 Å². The number of nitrogens with one attached hydrogen (secondary N) is 1. The highest BCUT2D eigenvalue weighted by Gasteiger charge is 2.27. The zero-order valence-corrected chi connectivity index (χ0v) is 22.6. The third-order valence-electron chi connectivity index (χ3n) is 6.95. The van der Waals surface area contributed by atoms with Crippen LogP contribution in [0.1, 0.15) is 12.8 Å². The van der Waals surface area contributed by atoms with E-state index in [4.69, 9.17) is 14.2 Å². The summed E-state index contributed by atoms with van der Waals surface area (Å²) >= 11 is 0.145. The van der Waals surface area contributed by atoms with Crippen LogP contribution in [0.4, 0.5) is 5.69 Å². The third kappa shape index (κ3) is 5.51. The molecule has 1 fully saturated rings. The highest BCUT2D eigenvalue weighted by atomic mass is 127. The lowest BCUT2D eigenvalue weighted by molar-refractivity contribution is 0.254. The summed E-state index contributed by atoms with van der Waals surface area (Å²) in [5.41, 5.74) is 2.70. The fraction of sp³-hybridized carbons (Fsp3) is 0.393. The molecule has 2 aromatic carbocycles. The number of piperazine rings is 1. The molecule has 186 valence electrons. The van der Waals surface area contributed by atoms with Gasteiger partial charge in [0.05, 0.1) is 25.9 Å². The lowest BCUT2D eigenvalue weighted by Gasteiger charge is -2.36. The first-order valence-corrected chi connectivity index (χ1v) is 14.8. The van der Waals surface area contributed by atoms with Crippen LogP contribution in [0.5, 0.6) is 23.0 Å². The fourth-order valence-corrected chi connectivity index (χ4v) is 7.28. The van der Waals surface area contributed by atoms with Crippen LogP contribution in [0.2, 0.25) is 0 Å². The first-order chi connectivity index (χ1) is 17.3. The van der Waals surface area contributed by atoms with Gasteiger partial charge in [0.15, 0.2) is 17.2 Å². The van der Waals surface area contributed by atoms with Crippen LogP contribution in [0.15, 0.2) is 64.4 Å². The van der Waals surface area contributed by atoms with Crippen molar-refractivity contribution in [1.82, 2.24) is 10.2 Å². The smallest absolute Gasteiger partial charge is 0.211 e. The zero-order valence-electron chi connectivity index (χ0n) is 20.5. The van der Waals surface area contributed by atoms with Gasteiger partial charge in [0.1, 0.15) is 0 Å².